The fourth-order valence-electron chi connectivity index (χ4n) is 4.82. The summed E-state index contributed by atoms with van der Waals surface area (Å²) in [5.41, 5.74) is 14.6. The van der Waals surface area contributed by atoms with E-state index in [1.165, 1.54) is 10.8 Å². The molecule has 0 amide bonds. The molecular weight excluding hydrogens is 474 g/mol. The fraction of sp³-hybridized carbons (Fsp3) is 0.364. The van der Waals surface area contributed by atoms with E-state index >= 15 is 0 Å². The molecule has 0 saturated heterocycles. The van der Waals surface area contributed by atoms with Gasteiger partial charge in [0.25, 0.3) is 0 Å². The first-order valence-electron chi connectivity index (χ1n) is 10.4. The normalized spacial score (nSPS) is 25.7. The molecule has 6 N–H and O–H groups in total. The number of pyridine rings is 1. The molecule has 1 aliphatic rings. The van der Waals surface area contributed by atoms with E-state index in [-0.39, 0.29) is 11.9 Å². The fourth-order valence-corrected chi connectivity index (χ4v) is 5.15. The first-order valence-corrected chi connectivity index (χ1v) is 11.2. The molecule has 3 aromatic heterocycles. The SMILES string of the molecule is C[C@]1(CCc2ccc3cc(Br)c(N)nc3c2)C[C@@H](c2cnn3c(N)ncnc23)[C@H](O)[C@@H]1O. The number of hydrogen-bond acceptors (Lipinski definition) is 8. The molecule has 1 aliphatic carbocycles. The van der Waals surface area contributed by atoms with Crippen LogP contribution in [0.4, 0.5) is 11.8 Å². The van der Waals surface area contributed by atoms with Crippen molar-refractivity contribution in [3.63, 3.8) is 0 Å². The van der Waals surface area contributed by atoms with Crippen molar-refractivity contribution in [2.45, 2.75) is 44.3 Å². The Hall–Kier alpha value is -2.82. The summed E-state index contributed by atoms with van der Waals surface area (Å²) < 4.78 is 2.23. The van der Waals surface area contributed by atoms with Crippen LogP contribution >= 0.6 is 15.9 Å². The number of nitrogens with two attached hydrogens (primary N) is 2. The van der Waals surface area contributed by atoms with Gasteiger partial charge in [0, 0.05) is 16.9 Å². The zero-order chi connectivity index (χ0) is 22.6. The zero-order valence-corrected chi connectivity index (χ0v) is 19.1. The van der Waals surface area contributed by atoms with Crippen LogP contribution in [0.25, 0.3) is 16.6 Å². The number of aliphatic hydroxyl groups is 2. The van der Waals surface area contributed by atoms with E-state index in [0.29, 0.717) is 24.3 Å². The molecule has 4 aromatic rings. The number of rotatable bonds is 4. The van der Waals surface area contributed by atoms with Gasteiger partial charge in [-0.05, 0) is 58.3 Å². The van der Waals surface area contributed by atoms with Gasteiger partial charge < -0.3 is 21.7 Å². The predicted molar refractivity (Wildman–Crippen MR) is 125 cm³/mol. The van der Waals surface area contributed by atoms with Gasteiger partial charge in [0.05, 0.1) is 28.4 Å². The van der Waals surface area contributed by atoms with E-state index < -0.39 is 17.6 Å². The Bertz CT molecular complexity index is 1330. The number of aliphatic hydroxyl groups excluding tert-OH is 2. The zero-order valence-electron chi connectivity index (χ0n) is 17.5. The standard InChI is InChI=1S/C22H24BrN7O2/c1-22(5-4-11-2-3-12-7-15(23)19(24)29-16(12)6-11)8-13(17(31)18(22)32)14-9-28-30-20(14)26-10-27-21(30)25/h2-3,6-7,9-10,13,17-18,31-32H,4-5,8H2,1H3,(H2,24,29)(H2,25,26,27)/t13-,17-,18-,22-/m0/s1. The number of anilines is 2. The Morgan fingerprint density at radius 2 is 2.03 bits per heavy atom. The van der Waals surface area contributed by atoms with Crippen LogP contribution in [0.5, 0.6) is 0 Å². The molecule has 10 heteroatoms. The molecule has 0 aliphatic heterocycles. The van der Waals surface area contributed by atoms with Crippen molar-refractivity contribution in [3.8, 4) is 0 Å². The molecule has 166 valence electrons. The maximum Gasteiger partial charge on any atom is 0.224 e. The maximum atomic E-state index is 11.0. The van der Waals surface area contributed by atoms with E-state index in [1.807, 2.05) is 25.1 Å². The van der Waals surface area contributed by atoms with Crippen LogP contribution in [0, 0.1) is 5.41 Å². The predicted octanol–water partition coefficient (Wildman–Crippen LogP) is 2.45. The lowest BCUT2D eigenvalue weighted by Crippen LogP contribution is -2.34. The van der Waals surface area contributed by atoms with Gasteiger partial charge in [-0.2, -0.15) is 9.61 Å². The molecular formula is C22H24BrN7O2. The van der Waals surface area contributed by atoms with E-state index in [2.05, 4.69) is 42.0 Å². The summed E-state index contributed by atoms with van der Waals surface area (Å²) in [4.78, 5) is 12.7. The molecule has 4 atom stereocenters. The Morgan fingerprint density at radius 1 is 1.22 bits per heavy atom. The first-order chi connectivity index (χ1) is 15.3. The average Bonchev–Trinajstić information content (AvgIpc) is 3.29. The highest BCUT2D eigenvalue weighted by molar-refractivity contribution is 9.10. The third-order valence-electron chi connectivity index (χ3n) is 6.74. The van der Waals surface area contributed by atoms with Crippen molar-refractivity contribution >= 4 is 44.2 Å². The van der Waals surface area contributed by atoms with Gasteiger partial charge in [-0.25, -0.2) is 15.0 Å². The highest BCUT2D eigenvalue weighted by atomic mass is 79.9. The Labute approximate surface area is 192 Å². The molecule has 3 heterocycles. The van der Waals surface area contributed by atoms with Crippen molar-refractivity contribution in [2.75, 3.05) is 11.5 Å². The number of halogens is 1. The van der Waals surface area contributed by atoms with Gasteiger partial charge in [0.15, 0.2) is 5.65 Å². The minimum atomic E-state index is -0.917. The molecule has 0 radical (unpaired) electrons. The Morgan fingerprint density at radius 3 is 2.84 bits per heavy atom. The number of benzene rings is 1. The van der Waals surface area contributed by atoms with Crippen LogP contribution in [0.3, 0.4) is 0 Å². The number of aryl methyl sites for hydroxylation is 1. The molecule has 9 nitrogen and oxygen atoms in total. The number of nitrogens with zero attached hydrogens (tertiary/aromatic N) is 5. The second kappa shape index (κ2) is 7.65. The largest absolute Gasteiger partial charge is 0.390 e. The minimum Gasteiger partial charge on any atom is -0.390 e. The monoisotopic (exact) mass is 497 g/mol. The summed E-state index contributed by atoms with van der Waals surface area (Å²) in [5, 5.41) is 27.1. The van der Waals surface area contributed by atoms with Crippen molar-refractivity contribution in [1.29, 1.82) is 0 Å². The molecule has 0 unspecified atom stereocenters. The van der Waals surface area contributed by atoms with Crippen molar-refractivity contribution < 1.29 is 10.2 Å². The second-order valence-corrected chi connectivity index (χ2v) is 9.70. The number of nitrogen functional groups attached to an aromatic ring is 2. The van der Waals surface area contributed by atoms with Crippen LogP contribution in [0.2, 0.25) is 0 Å². The van der Waals surface area contributed by atoms with E-state index in [1.54, 1.807) is 6.20 Å². The van der Waals surface area contributed by atoms with Crippen LogP contribution in [0.15, 0.2) is 41.3 Å². The summed E-state index contributed by atoms with van der Waals surface area (Å²) in [6, 6.07) is 8.07. The van der Waals surface area contributed by atoms with Crippen LogP contribution in [-0.2, 0) is 6.42 Å². The van der Waals surface area contributed by atoms with Crippen molar-refractivity contribution in [2.24, 2.45) is 5.41 Å². The lowest BCUT2D eigenvalue weighted by atomic mass is 9.79. The number of hydrogen-bond donors (Lipinski definition) is 4. The number of aromatic nitrogens is 5. The van der Waals surface area contributed by atoms with E-state index in [9.17, 15) is 10.2 Å². The second-order valence-electron chi connectivity index (χ2n) is 8.85. The topological polar surface area (TPSA) is 148 Å². The maximum absolute atomic E-state index is 11.0. The highest BCUT2D eigenvalue weighted by Gasteiger charge is 2.50. The molecule has 32 heavy (non-hydrogen) atoms. The summed E-state index contributed by atoms with van der Waals surface area (Å²) >= 11 is 3.41. The van der Waals surface area contributed by atoms with Crippen molar-refractivity contribution in [3.05, 3.63) is 52.4 Å². The smallest absolute Gasteiger partial charge is 0.224 e. The quantitative estimate of drug-likeness (QED) is 0.335. The number of fused-ring (bicyclic) bond motifs is 2. The van der Waals surface area contributed by atoms with Gasteiger partial charge in [0.2, 0.25) is 5.95 Å². The Kier molecular flexibility index (Phi) is 5.03. The van der Waals surface area contributed by atoms with Gasteiger partial charge in [-0.15, -0.1) is 0 Å². The lowest BCUT2D eigenvalue weighted by Gasteiger charge is -2.28. The van der Waals surface area contributed by atoms with Gasteiger partial charge in [-0.1, -0.05) is 19.1 Å². The third kappa shape index (κ3) is 3.39. The molecule has 1 aromatic carbocycles. The van der Waals surface area contributed by atoms with Gasteiger partial charge >= 0.3 is 0 Å². The summed E-state index contributed by atoms with van der Waals surface area (Å²) in [6.07, 6.45) is 3.30. The average molecular weight is 498 g/mol. The van der Waals surface area contributed by atoms with E-state index in [4.69, 9.17) is 11.5 Å². The Balaban J connectivity index is 1.38. The minimum absolute atomic E-state index is 0.231. The molecule has 1 saturated carbocycles. The van der Waals surface area contributed by atoms with Gasteiger partial charge in [0.1, 0.15) is 12.1 Å². The molecule has 1 fully saturated rings. The highest BCUT2D eigenvalue weighted by Crippen LogP contribution is 2.50. The summed E-state index contributed by atoms with van der Waals surface area (Å²) in [7, 11) is 0. The van der Waals surface area contributed by atoms with Crippen LogP contribution in [-0.4, -0.2) is 47.0 Å². The van der Waals surface area contributed by atoms with Gasteiger partial charge in [-0.3, -0.25) is 0 Å². The van der Waals surface area contributed by atoms with E-state index in [0.717, 1.165) is 32.9 Å². The van der Waals surface area contributed by atoms with Crippen molar-refractivity contribution in [1.82, 2.24) is 24.6 Å². The summed E-state index contributed by atoms with van der Waals surface area (Å²) in [5.74, 6) is 0.392. The molecule has 0 bridgehead atoms. The molecule has 0 spiro atoms. The molecule has 5 rings (SSSR count). The van der Waals surface area contributed by atoms with Crippen LogP contribution < -0.4 is 11.5 Å². The third-order valence-corrected chi connectivity index (χ3v) is 7.38. The summed E-state index contributed by atoms with van der Waals surface area (Å²) in [6.45, 7) is 2.02. The first kappa shape index (κ1) is 21.0. The lowest BCUT2D eigenvalue weighted by molar-refractivity contribution is -0.0201. The van der Waals surface area contributed by atoms with Crippen LogP contribution in [0.1, 0.15) is 36.8 Å².